The van der Waals surface area contributed by atoms with Crippen molar-refractivity contribution < 1.29 is 4.74 Å². The van der Waals surface area contributed by atoms with Crippen molar-refractivity contribution in [3.63, 3.8) is 0 Å². The van der Waals surface area contributed by atoms with Crippen LogP contribution >= 0.6 is 0 Å². The number of likely N-dealkylation sites (tertiary alicyclic amines) is 1. The fourth-order valence-electron chi connectivity index (χ4n) is 2.37. The van der Waals surface area contributed by atoms with Crippen LogP contribution < -0.4 is 0 Å². The monoisotopic (exact) mass is 183 g/mol. The smallest absolute Gasteiger partial charge is 0.0832 e. The molecular weight excluding hydrogens is 162 g/mol. The van der Waals surface area contributed by atoms with Crippen molar-refractivity contribution in [1.82, 2.24) is 4.90 Å². The highest BCUT2D eigenvalue weighted by atomic mass is 16.5. The lowest BCUT2D eigenvalue weighted by Crippen LogP contribution is -2.51. The van der Waals surface area contributed by atoms with Crippen LogP contribution in [0.3, 0.4) is 0 Å². The number of nitrogens with zero attached hydrogens (tertiary/aromatic N) is 1. The van der Waals surface area contributed by atoms with Crippen molar-refractivity contribution in [3.05, 3.63) is 0 Å². The van der Waals surface area contributed by atoms with Crippen LogP contribution in [0.2, 0.25) is 0 Å². The van der Waals surface area contributed by atoms with Gasteiger partial charge in [0.05, 0.1) is 12.2 Å². The second-order valence-corrected chi connectivity index (χ2v) is 4.86. The fraction of sp³-hybridized carbons (Fsp3) is 1.00. The van der Waals surface area contributed by atoms with E-state index in [0.29, 0.717) is 12.2 Å². The molecule has 0 bridgehead atoms. The minimum Gasteiger partial charge on any atom is -0.372 e. The number of hydrogen-bond acceptors (Lipinski definition) is 2. The summed E-state index contributed by atoms with van der Waals surface area (Å²) in [5.74, 6) is 0.934. The van der Waals surface area contributed by atoms with Gasteiger partial charge in [0, 0.05) is 13.1 Å². The zero-order valence-electron chi connectivity index (χ0n) is 8.83. The van der Waals surface area contributed by atoms with Gasteiger partial charge in [-0.25, -0.2) is 0 Å². The average molecular weight is 183 g/mol. The molecule has 76 valence electrons. The van der Waals surface area contributed by atoms with Gasteiger partial charge in [-0.15, -0.1) is 0 Å². The molecule has 0 aromatic rings. The summed E-state index contributed by atoms with van der Waals surface area (Å²) in [6, 6.07) is 0. The van der Waals surface area contributed by atoms with Crippen LogP contribution in [0.15, 0.2) is 0 Å². The van der Waals surface area contributed by atoms with Crippen molar-refractivity contribution >= 4 is 0 Å². The van der Waals surface area contributed by atoms with Gasteiger partial charge in [0.25, 0.3) is 0 Å². The minimum absolute atomic E-state index is 0.545. The summed E-state index contributed by atoms with van der Waals surface area (Å²) >= 11 is 0. The molecule has 0 N–H and O–H groups in total. The van der Waals surface area contributed by atoms with Gasteiger partial charge >= 0.3 is 0 Å². The summed E-state index contributed by atoms with van der Waals surface area (Å²) in [5, 5.41) is 0. The quantitative estimate of drug-likeness (QED) is 0.648. The summed E-state index contributed by atoms with van der Waals surface area (Å²) < 4.78 is 6.00. The summed E-state index contributed by atoms with van der Waals surface area (Å²) in [4.78, 5) is 2.32. The number of rotatable bonds is 2. The molecule has 0 amide bonds. The Balaban J connectivity index is 1.65. The first-order valence-electron chi connectivity index (χ1n) is 5.58. The molecule has 0 unspecified atom stereocenters. The lowest BCUT2D eigenvalue weighted by Gasteiger charge is -2.39. The van der Waals surface area contributed by atoms with Gasteiger partial charge < -0.3 is 9.64 Å². The van der Waals surface area contributed by atoms with Gasteiger partial charge in [0.15, 0.2) is 0 Å². The topological polar surface area (TPSA) is 12.5 Å². The van der Waals surface area contributed by atoms with Crippen LogP contribution in [-0.4, -0.2) is 37.2 Å². The Labute approximate surface area is 81.3 Å². The summed E-state index contributed by atoms with van der Waals surface area (Å²) in [6.07, 6.45) is 6.45. The van der Waals surface area contributed by atoms with Gasteiger partial charge in [0.1, 0.15) is 0 Å². The number of ether oxygens (including phenoxy) is 1. The molecule has 0 aromatic carbocycles. The molecule has 1 heterocycles. The maximum absolute atomic E-state index is 6.00. The summed E-state index contributed by atoms with van der Waals surface area (Å²) in [7, 11) is 2.16. The van der Waals surface area contributed by atoms with E-state index in [2.05, 4.69) is 18.9 Å². The Bertz CT molecular complexity index is 157. The fourth-order valence-corrected chi connectivity index (χ4v) is 2.37. The third-order valence-electron chi connectivity index (χ3n) is 3.38. The predicted molar refractivity (Wildman–Crippen MR) is 53.8 cm³/mol. The van der Waals surface area contributed by atoms with Gasteiger partial charge in [-0.3, -0.25) is 0 Å². The van der Waals surface area contributed by atoms with E-state index < -0.39 is 0 Å². The SMILES string of the molecule is CN1CC(O[C@H]2CC[C@@H](C)CC2)C1. The molecule has 1 aliphatic heterocycles. The van der Waals surface area contributed by atoms with E-state index >= 15 is 0 Å². The van der Waals surface area contributed by atoms with E-state index in [1.54, 1.807) is 0 Å². The van der Waals surface area contributed by atoms with Crippen LogP contribution in [0, 0.1) is 5.92 Å². The summed E-state index contributed by atoms with van der Waals surface area (Å²) in [5.41, 5.74) is 0. The van der Waals surface area contributed by atoms with E-state index in [0.717, 1.165) is 19.0 Å². The highest BCUT2D eigenvalue weighted by Gasteiger charge is 2.28. The minimum atomic E-state index is 0.545. The normalized spacial score (nSPS) is 37.4. The molecule has 2 aliphatic rings. The van der Waals surface area contributed by atoms with Crippen LogP contribution in [0.4, 0.5) is 0 Å². The molecule has 0 aromatic heterocycles. The van der Waals surface area contributed by atoms with Crippen LogP contribution in [-0.2, 0) is 4.74 Å². The molecule has 1 aliphatic carbocycles. The highest BCUT2D eigenvalue weighted by molar-refractivity contribution is 4.80. The van der Waals surface area contributed by atoms with Crippen LogP contribution in [0.5, 0.6) is 0 Å². The van der Waals surface area contributed by atoms with E-state index in [1.165, 1.54) is 25.7 Å². The molecule has 13 heavy (non-hydrogen) atoms. The zero-order chi connectivity index (χ0) is 9.26. The standard InChI is InChI=1S/C11H21NO/c1-9-3-5-10(6-4-9)13-11-7-12(2)8-11/h9-11H,3-8H2,1-2H3/t9-,10+. The van der Waals surface area contributed by atoms with Crippen molar-refractivity contribution in [1.29, 1.82) is 0 Å². The lowest BCUT2D eigenvalue weighted by molar-refractivity contribution is -0.0967. The molecule has 2 fully saturated rings. The van der Waals surface area contributed by atoms with E-state index in [9.17, 15) is 0 Å². The molecule has 1 saturated carbocycles. The highest BCUT2D eigenvalue weighted by Crippen LogP contribution is 2.27. The van der Waals surface area contributed by atoms with E-state index in [-0.39, 0.29) is 0 Å². The molecule has 2 rings (SSSR count). The second-order valence-electron chi connectivity index (χ2n) is 4.86. The predicted octanol–water partition coefficient (Wildman–Crippen LogP) is 1.90. The van der Waals surface area contributed by atoms with Gasteiger partial charge in [-0.1, -0.05) is 6.92 Å². The van der Waals surface area contributed by atoms with E-state index in [4.69, 9.17) is 4.74 Å². The molecule has 0 radical (unpaired) electrons. The zero-order valence-corrected chi connectivity index (χ0v) is 8.83. The van der Waals surface area contributed by atoms with Crippen molar-refractivity contribution in [2.75, 3.05) is 20.1 Å². The van der Waals surface area contributed by atoms with Crippen LogP contribution in [0.25, 0.3) is 0 Å². The molecule has 2 nitrogen and oxygen atoms in total. The molecule has 0 spiro atoms. The number of likely N-dealkylation sites (N-methyl/N-ethyl adjacent to an activating group) is 1. The maximum Gasteiger partial charge on any atom is 0.0832 e. The Morgan fingerprint density at radius 3 is 2.15 bits per heavy atom. The third kappa shape index (κ3) is 2.44. The first-order valence-corrected chi connectivity index (χ1v) is 5.58. The molecular formula is C11H21NO. The van der Waals surface area contributed by atoms with Crippen molar-refractivity contribution in [2.45, 2.75) is 44.8 Å². The second kappa shape index (κ2) is 3.97. The Morgan fingerprint density at radius 2 is 1.62 bits per heavy atom. The van der Waals surface area contributed by atoms with Crippen molar-refractivity contribution in [3.8, 4) is 0 Å². The van der Waals surface area contributed by atoms with E-state index in [1.807, 2.05) is 0 Å². The Morgan fingerprint density at radius 1 is 1.00 bits per heavy atom. The van der Waals surface area contributed by atoms with Gasteiger partial charge in [-0.05, 0) is 38.6 Å². The molecule has 0 atom stereocenters. The van der Waals surface area contributed by atoms with Crippen LogP contribution in [0.1, 0.15) is 32.6 Å². The maximum atomic E-state index is 6.00. The van der Waals surface area contributed by atoms with Gasteiger partial charge in [-0.2, -0.15) is 0 Å². The molecule has 2 heteroatoms. The average Bonchev–Trinajstić information content (AvgIpc) is 2.06. The van der Waals surface area contributed by atoms with Crippen molar-refractivity contribution in [2.24, 2.45) is 5.92 Å². The molecule has 1 saturated heterocycles. The Kier molecular flexibility index (Phi) is 2.89. The first kappa shape index (κ1) is 9.47. The third-order valence-corrected chi connectivity index (χ3v) is 3.38. The largest absolute Gasteiger partial charge is 0.372 e. The number of hydrogen-bond donors (Lipinski definition) is 0. The van der Waals surface area contributed by atoms with Gasteiger partial charge in [0.2, 0.25) is 0 Å². The first-order chi connectivity index (χ1) is 6.24. The Hall–Kier alpha value is -0.0800. The lowest BCUT2D eigenvalue weighted by atomic mass is 9.89. The summed E-state index contributed by atoms with van der Waals surface area (Å²) in [6.45, 7) is 4.64.